The van der Waals surface area contributed by atoms with Gasteiger partial charge in [-0.15, -0.1) is 16.4 Å². The normalized spacial score (nSPS) is 24.5. The van der Waals surface area contributed by atoms with Crippen LogP contribution in [0.15, 0.2) is 77.2 Å². The zero-order valence-corrected chi connectivity index (χ0v) is 49.8. The van der Waals surface area contributed by atoms with Crippen LogP contribution in [0.2, 0.25) is 0 Å². The van der Waals surface area contributed by atoms with Gasteiger partial charge in [-0.2, -0.15) is 0 Å². The molecule has 6 aliphatic carbocycles. The first-order valence-corrected chi connectivity index (χ1v) is 29.8. The summed E-state index contributed by atoms with van der Waals surface area (Å²) < 4.78 is 7.84. The summed E-state index contributed by atoms with van der Waals surface area (Å²) in [5.41, 5.74) is 25.2. The molecule has 1 aromatic heterocycles. The summed E-state index contributed by atoms with van der Waals surface area (Å²) in [7, 11) is 34.8. The Morgan fingerprint density at radius 3 is 1.29 bits per heavy atom. The molecule has 0 N–H and O–H groups in total. The van der Waals surface area contributed by atoms with Crippen LogP contribution >= 0.6 is 0 Å². The van der Waals surface area contributed by atoms with Crippen molar-refractivity contribution in [3.05, 3.63) is 117 Å². The minimum atomic E-state index is -0.271. The Balaban J connectivity index is 1.17. The van der Waals surface area contributed by atoms with Crippen molar-refractivity contribution in [3.8, 4) is 11.1 Å². The Labute approximate surface area is 479 Å². The van der Waals surface area contributed by atoms with Gasteiger partial charge in [-0.3, -0.25) is 0 Å². The van der Waals surface area contributed by atoms with E-state index in [1.165, 1.54) is 86.8 Å². The maximum atomic E-state index is 7.84. The lowest BCUT2D eigenvalue weighted by Crippen LogP contribution is -2.61. The van der Waals surface area contributed by atoms with Crippen LogP contribution in [0.25, 0.3) is 22.1 Å². The summed E-state index contributed by atoms with van der Waals surface area (Å²) in [5.74, 6) is 0. The largest absolute Gasteiger partial charge is 0.468 e. The fourth-order valence-electron chi connectivity index (χ4n) is 16.8. The Morgan fingerprint density at radius 2 is 0.797 bits per heavy atom. The van der Waals surface area contributed by atoms with Gasteiger partial charge < -0.3 is 14.2 Å². The third-order valence-corrected chi connectivity index (χ3v) is 22.7. The van der Waals surface area contributed by atoms with Crippen LogP contribution in [-0.2, 0) is 43.3 Å². The molecule has 1 fully saturated rings. The monoisotopic (exact) mass is 1020 g/mol. The number of rotatable bonds is 3. The molecule has 79 heavy (non-hydrogen) atoms. The summed E-state index contributed by atoms with van der Waals surface area (Å²) >= 11 is 0. The number of fused-ring (bicyclic) bond motifs is 11. The number of nitrogens with zero attached hydrogens (tertiary/aromatic N) is 2. The van der Waals surface area contributed by atoms with Crippen molar-refractivity contribution in [2.75, 3.05) is 9.80 Å². The highest BCUT2D eigenvalue weighted by Gasteiger charge is 2.53. The van der Waals surface area contributed by atoms with Gasteiger partial charge in [0.25, 0.3) is 6.71 Å². The summed E-state index contributed by atoms with van der Waals surface area (Å²) in [6, 6.07) is 29.6. The number of furan rings is 1. The second-order valence-electron chi connectivity index (χ2n) is 30.5. The molecule has 388 valence electrons. The Kier molecular flexibility index (Phi) is 10.6. The van der Waals surface area contributed by atoms with Crippen LogP contribution in [0.5, 0.6) is 0 Å². The highest BCUT2D eigenvalue weighted by molar-refractivity contribution is 7.00. The standard InChI is InChI=1S/C70H74B6N2O/c1-63(2)19-21-65(5,6)43-31-38(15-17-41(43)63)77-50-35-46-45(67(9,10)23-24-68(46,11)12)34-49(50)76-60-51(77)29-37(54-55(71)57(73)59(75)58(74)56(54)72)30-52(60)78(39-16-18-42-44(32-39)66(7,8)22-20-64(42,3)4)61-40-33-47-48(36-53(40)79-62(61)76)70(14)27-25-69(47,13)26-28-70/h15-18,29-36H,19-28H2,1-14H3. The average molecular weight is 1020 g/mol. The van der Waals surface area contributed by atoms with Crippen molar-refractivity contribution in [3.63, 3.8) is 0 Å². The lowest BCUT2D eigenvalue weighted by atomic mass is 9.35. The molecule has 15 rings (SSSR count). The molecule has 9 heteroatoms. The third-order valence-electron chi connectivity index (χ3n) is 22.7. The summed E-state index contributed by atoms with van der Waals surface area (Å²) in [5, 5.41) is 1.16. The van der Waals surface area contributed by atoms with E-state index >= 15 is 0 Å². The number of benzene rings is 6. The zero-order chi connectivity index (χ0) is 56.0. The van der Waals surface area contributed by atoms with E-state index in [0.717, 1.165) is 89.2 Å². The van der Waals surface area contributed by atoms with E-state index in [1.54, 1.807) is 0 Å². The molecule has 0 saturated heterocycles. The van der Waals surface area contributed by atoms with Crippen molar-refractivity contribution >= 4 is 135 Å². The maximum Gasteiger partial charge on any atom is 0.297 e. The van der Waals surface area contributed by atoms with Crippen LogP contribution in [0, 0.1) is 0 Å². The molecule has 10 radical (unpaired) electrons. The van der Waals surface area contributed by atoms with E-state index in [1.807, 2.05) is 0 Å². The quantitative estimate of drug-likeness (QED) is 0.164. The Morgan fingerprint density at radius 1 is 0.392 bits per heavy atom. The van der Waals surface area contributed by atoms with Gasteiger partial charge in [-0.05, 0) is 229 Å². The summed E-state index contributed by atoms with van der Waals surface area (Å²) in [6.07, 6.45) is 11.4. The Hall–Kier alpha value is -5.15. The second-order valence-corrected chi connectivity index (χ2v) is 30.5. The fraction of sp³-hybridized carbons (Fsp3) is 0.457. The highest BCUT2D eigenvalue weighted by atomic mass is 16.3. The maximum absolute atomic E-state index is 7.84. The van der Waals surface area contributed by atoms with E-state index in [0.29, 0.717) is 16.5 Å². The van der Waals surface area contributed by atoms with Crippen molar-refractivity contribution in [2.24, 2.45) is 0 Å². The first-order valence-electron chi connectivity index (χ1n) is 29.8. The van der Waals surface area contributed by atoms with Crippen LogP contribution in [-0.4, -0.2) is 45.9 Å². The molecule has 2 aliphatic heterocycles. The molecule has 2 bridgehead atoms. The van der Waals surface area contributed by atoms with Gasteiger partial charge in [-0.1, -0.05) is 126 Å². The minimum Gasteiger partial charge on any atom is -0.468 e. The average Bonchev–Trinajstić information content (AvgIpc) is 3.01. The smallest absolute Gasteiger partial charge is 0.297 e. The van der Waals surface area contributed by atoms with E-state index in [2.05, 4.69) is 180 Å². The summed E-state index contributed by atoms with van der Waals surface area (Å²) in [6.45, 7) is 34.0. The lowest BCUT2D eigenvalue weighted by Gasteiger charge is -2.52. The van der Waals surface area contributed by atoms with Gasteiger partial charge in [0, 0.05) is 33.8 Å². The van der Waals surface area contributed by atoms with Crippen molar-refractivity contribution in [2.45, 2.75) is 204 Å². The molecular formula is C70H74B6N2O. The number of anilines is 6. The van der Waals surface area contributed by atoms with Gasteiger partial charge in [0.1, 0.15) is 44.8 Å². The molecule has 6 aromatic carbocycles. The molecule has 8 aliphatic rings. The first-order chi connectivity index (χ1) is 36.9. The predicted molar refractivity (Wildman–Crippen MR) is 342 cm³/mol. The molecule has 1 saturated carbocycles. The predicted octanol–water partition coefficient (Wildman–Crippen LogP) is 11.3. The zero-order valence-electron chi connectivity index (χ0n) is 49.8. The van der Waals surface area contributed by atoms with Gasteiger partial charge in [0.05, 0.1) is 11.3 Å². The van der Waals surface area contributed by atoms with E-state index in [-0.39, 0.29) is 66.4 Å². The Bertz CT molecular complexity index is 3850. The number of hydrogen-bond acceptors (Lipinski definition) is 3. The van der Waals surface area contributed by atoms with Crippen molar-refractivity contribution in [1.82, 2.24) is 0 Å². The van der Waals surface area contributed by atoms with Crippen LogP contribution in [0.3, 0.4) is 0 Å². The third kappa shape index (κ3) is 7.04. The molecule has 0 amide bonds. The van der Waals surface area contributed by atoms with Gasteiger partial charge in [0.2, 0.25) is 0 Å². The van der Waals surface area contributed by atoms with Gasteiger partial charge in [-0.25, -0.2) is 0 Å². The molecule has 3 heterocycles. The van der Waals surface area contributed by atoms with E-state index in [9.17, 15) is 0 Å². The molecule has 0 unspecified atom stereocenters. The first kappa shape index (κ1) is 52.0. The second kappa shape index (κ2) is 16.1. The van der Waals surface area contributed by atoms with Gasteiger partial charge >= 0.3 is 0 Å². The lowest BCUT2D eigenvalue weighted by molar-refractivity contribution is 0.188. The van der Waals surface area contributed by atoms with Crippen molar-refractivity contribution in [1.29, 1.82) is 0 Å². The molecule has 0 atom stereocenters. The fourth-order valence-corrected chi connectivity index (χ4v) is 16.8. The SMILES string of the molecule is [B]c1c([B])c([B])c(-c2cc3c4c(c2)N(c2ccc5c(c2)C(C)(C)CCC5(C)C)c2c(oc5cc6c(cc25)C2(C)CCC6(C)CC2)B4c2cc4c(cc2N3c2ccc3c(c2)C(C)(C)CCC3(C)C)C(C)(C)CCC4(C)C)c([B])c1[B]. The highest BCUT2D eigenvalue weighted by Crippen LogP contribution is 2.60. The van der Waals surface area contributed by atoms with Gasteiger partial charge in [0.15, 0.2) is 0 Å². The number of hydrogen-bond donors (Lipinski definition) is 0. The topological polar surface area (TPSA) is 19.6 Å². The van der Waals surface area contributed by atoms with Crippen LogP contribution < -0.4 is 53.7 Å². The summed E-state index contributed by atoms with van der Waals surface area (Å²) in [4.78, 5) is 5.15. The molecule has 3 nitrogen and oxygen atoms in total. The molecular weight excluding hydrogens is 950 g/mol. The van der Waals surface area contributed by atoms with Crippen molar-refractivity contribution < 1.29 is 4.42 Å². The van der Waals surface area contributed by atoms with E-state index < -0.39 is 0 Å². The molecule has 7 aromatic rings. The minimum absolute atomic E-state index is 0.0291. The molecule has 0 spiro atoms. The van der Waals surface area contributed by atoms with E-state index in [4.69, 9.17) is 43.6 Å². The van der Waals surface area contributed by atoms with Crippen LogP contribution in [0.4, 0.5) is 34.1 Å². The van der Waals surface area contributed by atoms with Crippen LogP contribution in [0.1, 0.15) is 206 Å².